The second kappa shape index (κ2) is 3.59. The molecule has 0 aromatic rings. The molecule has 1 heterocycles. The molecule has 0 spiro atoms. The Morgan fingerprint density at radius 2 is 2.40 bits per heavy atom. The molecule has 0 saturated carbocycles. The SMILES string of the molecule is CC[C@@H]1CCCCNC1=O. The Morgan fingerprint density at radius 3 is 3.10 bits per heavy atom. The van der Waals surface area contributed by atoms with Gasteiger partial charge in [0.25, 0.3) is 0 Å². The first-order valence-corrected chi connectivity index (χ1v) is 4.12. The Hall–Kier alpha value is -0.530. The molecule has 58 valence electrons. The van der Waals surface area contributed by atoms with Crippen LogP contribution in [0.25, 0.3) is 0 Å². The van der Waals surface area contributed by atoms with Crippen LogP contribution in [0.3, 0.4) is 0 Å². The van der Waals surface area contributed by atoms with E-state index in [0.29, 0.717) is 5.92 Å². The highest BCUT2D eigenvalue weighted by Gasteiger charge is 2.17. The minimum absolute atomic E-state index is 0.264. The van der Waals surface area contributed by atoms with E-state index in [1.54, 1.807) is 0 Å². The van der Waals surface area contributed by atoms with Crippen molar-refractivity contribution in [3.63, 3.8) is 0 Å². The van der Waals surface area contributed by atoms with Gasteiger partial charge < -0.3 is 5.32 Å². The average Bonchev–Trinajstić information content (AvgIpc) is 2.13. The zero-order chi connectivity index (χ0) is 7.40. The summed E-state index contributed by atoms with van der Waals surface area (Å²) in [4.78, 5) is 11.1. The summed E-state index contributed by atoms with van der Waals surface area (Å²) in [6.07, 6.45) is 4.44. The van der Waals surface area contributed by atoms with Crippen molar-refractivity contribution in [2.45, 2.75) is 32.6 Å². The second-order valence-corrected chi connectivity index (χ2v) is 2.89. The molecule has 0 unspecified atom stereocenters. The predicted octanol–water partition coefficient (Wildman–Crippen LogP) is 1.31. The highest BCUT2D eigenvalue weighted by Crippen LogP contribution is 2.14. The molecule has 1 amide bonds. The zero-order valence-electron chi connectivity index (χ0n) is 6.52. The van der Waals surface area contributed by atoms with Crippen molar-refractivity contribution >= 4 is 5.91 Å². The maximum atomic E-state index is 11.1. The molecule has 1 fully saturated rings. The smallest absolute Gasteiger partial charge is 0.223 e. The normalized spacial score (nSPS) is 27.3. The van der Waals surface area contributed by atoms with Crippen molar-refractivity contribution in [2.75, 3.05) is 6.54 Å². The lowest BCUT2D eigenvalue weighted by atomic mass is 10.0. The zero-order valence-corrected chi connectivity index (χ0v) is 6.52. The summed E-state index contributed by atoms with van der Waals surface area (Å²) in [5, 5.41) is 2.91. The fourth-order valence-electron chi connectivity index (χ4n) is 1.39. The minimum atomic E-state index is 0.264. The minimum Gasteiger partial charge on any atom is -0.356 e. The van der Waals surface area contributed by atoms with Crippen LogP contribution in [0.1, 0.15) is 32.6 Å². The quantitative estimate of drug-likeness (QED) is 0.586. The molecule has 0 aromatic heterocycles. The maximum Gasteiger partial charge on any atom is 0.223 e. The summed E-state index contributed by atoms with van der Waals surface area (Å²) in [6, 6.07) is 0. The van der Waals surface area contributed by atoms with Gasteiger partial charge in [-0.2, -0.15) is 0 Å². The third-order valence-corrected chi connectivity index (χ3v) is 2.14. The van der Waals surface area contributed by atoms with Gasteiger partial charge >= 0.3 is 0 Å². The van der Waals surface area contributed by atoms with Crippen molar-refractivity contribution < 1.29 is 4.79 Å². The number of hydrogen-bond donors (Lipinski definition) is 1. The third-order valence-electron chi connectivity index (χ3n) is 2.14. The summed E-state index contributed by atoms with van der Waals surface area (Å²) in [6.45, 7) is 2.96. The van der Waals surface area contributed by atoms with Crippen LogP contribution in [0.4, 0.5) is 0 Å². The van der Waals surface area contributed by atoms with Gasteiger partial charge in [0.2, 0.25) is 5.91 Å². The van der Waals surface area contributed by atoms with Gasteiger partial charge in [-0.1, -0.05) is 13.3 Å². The van der Waals surface area contributed by atoms with Crippen LogP contribution in [0.2, 0.25) is 0 Å². The Bertz CT molecular complexity index is 122. The molecule has 0 aliphatic carbocycles. The van der Waals surface area contributed by atoms with E-state index in [4.69, 9.17) is 0 Å². The van der Waals surface area contributed by atoms with Crippen molar-refractivity contribution in [2.24, 2.45) is 5.92 Å². The van der Waals surface area contributed by atoms with Gasteiger partial charge in [-0.3, -0.25) is 4.79 Å². The van der Waals surface area contributed by atoms with E-state index in [1.807, 2.05) is 0 Å². The van der Waals surface area contributed by atoms with Crippen LogP contribution in [0.5, 0.6) is 0 Å². The van der Waals surface area contributed by atoms with Crippen LogP contribution >= 0.6 is 0 Å². The lowest BCUT2D eigenvalue weighted by molar-refractivity contribution is -0.124. The van der Waals surface area contributed by atoms with Gasteiger partial charge in [-0.15, -0.1) is 0 Å². The highest BCUT2D eigenvalue weighted by atomic mass is 16.1. The Balaban J connectivity index is 2.43. The van der Waals surface area contributed by atoms with E-state index >= 15 is 0 Å². The second-order valence-electron chi connectivity index (χ2n) is 2.89. The fourth-order valence-corrected chi connectivity index (χ4v) is 1.39. The van der Waals surface area contributed by atoms with Crippen LogP contribution in [0, 0.1) is 5.92 Å². The van der Waals surface area contributed by atoms with Gasteiger partial charge in [0, 0.05) is 12.5 Å². The van der Waals surface area contributed by atoms with Crippen LogP contribution in [0.15, 0.2) is 0 Å². The molecule has 1 aliphatic rings. The van der Waals surface area contributed by atoms with Crippen molar-refractivity contribution in [3.8, 4) is 0 Å². The lowest BCUT2D eigenvalue weighted by Gasteiger charge is -2.08. The van der Waals surface area contributed by atoms with Crippen molar-refractivity contribution in [3.05, 3.63) is 0 Å². The Labute approximate surface area is 62.0 Å². The fraction of sp³-hybridized carbons (Fsp3) is 0.875. The average molecular weight is 141 g/mol. The molecule has 10 heavy (non-hydrogen) atoms. The maximum absolute atomic E-state index is 11.1. The van der Waals surface area contributed by atoms with E-state index in [1.165, 1.54) is 6.42 Å². The first-order chi connectivity index (χ1) is 4.84. The summed E-state index contributed by atoms with van der Waals surface area (Å²) in [5.41, 5.74) is 0. The van der Waals surface area contributed by atoms with Crippen molar-refractivity contribution in [1.82, 2.24) is 5.32 Å². The number of nitrogens with one attached hydrogen (secondary N) is 1. The van der Waals surface area contributed by atoms with Gasteiger partial charge in [-0.25, -0.2) is 0 Å². The van der Waals surface area contributed by atoms with Crippen LogP contribution < -0.4 is 5.32 Å². The van der Waals surface area contributed by atoms with Gasteiger partial charge in [0.15, 0.2) is 0 Å². The van der Waals surface area contributed by atoms with Gasteiger partial charge in [0.05, 0.1) is 0 Å². The molecule has 1 atom stereocenters. The van der Waals surface area contributed by atoms with Crippen LogP contribution in [-0.2, 0) is 4.79 Å². The molecule has 1 aliphatic heterocycles. The predicted molar refractivity (Wildman–Crippen MR) is 40.6 cm³/mol. The Kier molecular flexibility index (Phi) is 2.72. The first-order valence-electron chi connectivity index (χ1n) is 4.12. The van der Waals surface area contributed by atoms with Gasteiger partial charge in [-0.05, 0) is 19.3 Å². The molecular weight excluding hydrogens is 126 g/mol. The highest BCUT2D eigenvalue weighted by molar-refractivity contribution is 5.78. The molecule has 1 rings (SSSR count). The summed E-state index contributed by atoms with van der Waals surface area (Å²) < 4.78 is 0. The van der Waals surface area contributed by atoms with E-state index in [9.17, 15) is 4.79 Å². The lowest BCUT2D eigenvalue weighted by Crippen LogP contribution is -2.28. The molecule has 1 saturated heterocycles. The molecule has 0 radical (unpaired) electrons. The third kappa shape index (κ3) is 1.72. The van der Waals surface area contributed by atoms with Crippen molar-refractivity contribution in [1.29, 1.82) is 0 Å². The molecule has 0 bridgehead atoms. The summed E-state index contributed by atoms with van der Waals surface area (Å²) in [7, 11) is 0. The van der Waals surface area contributed by atoms with E-state index in [0.717, 1.165) is 25.8 Å². The molecule has 2 heteroatoms. The molecule has 2 nitrogen and oxygen atoms in total. The summed E-state index contributed by atoms with van der Waals surface area (Å²) in [5.74, 6) is 0.558. The topological polar surface area (TPSA) is 29.1 Å². The number of carbonyl (C=O) groups excluding carboxylic acids is 1. The monoisotopic (exact) mass is 141 g/mol. The number of amides is 1. The molecular formula is C8H15NO. The largest absolute Gasteiger partial charge is 0.356 e. The number of hydrogen-bond acceptors (Lipinski definition) is 1. The standard InChI is InChI=1S/C8H15NO/c1-2-7-5-3-4-6-9-8(7)10/h7H,2-6H2,1H3,(H,9,10)/t7-/m1/s1. The number of rotatable bonds is 1. The van der Waals surface area contributed by atoms with Gasteiger partial charge in [0.1, 0.15) is 0 Å². The Morgan fingerprint density at radius 1 is 1.60 bits per heavy atom. The van der Waals surface area contributed by atoms with Crippen LogP contribution in [-0.4, -0.2) is 12.5 Å². The van der Waals surface area contributed by atoms with E-state index in [2.05, 4.69) is 12.2 Å². The van der Waals surface area contributed by atoms with E-state index < -0.39 is 0 Å². The van der Waals surface area contributed by atoms with E-state index in [-0.39, 0.29) is 5.91 Å². The number of carbonyl (C=O) groups is 1. The summed E-state index contributed by atoms with van der Waals surface area (Å²) >= 11 is 0. The molecule has 0 aromatic carbocycles. The molecule has 1 N–H and O–H groups in total. The first kappa shape index (κ1) is 7.58.